The van der Waals surface area contributed by atoms with Crippen LogP contribution in [0.3, 0.4) is 0 Å². The number of hydrogen-bond acceptors (Lipinski definition) is 7. The van der Waals surface area contributed by atoms with E-state index in [-0.39, 0.29) is 24.8 Å². The average Bonchev–Trinajstić information content (AvgIpc) is 3.03. The number of nitrogens with one attached hydrogen (secondary N) is 1. The first kappa shape index (κ1) is 20.7. The Balaban J connectivity index is 1.88. The Labute approximate surface area is 164 Å². The monoisotopic (exact) mass is 427 g/mol. The molecule has 3 rings (SSSR count). The summed E-state index contributed by atoms with van der Waals surface area (Å²) >= 11 is 0. The van der Waals surface area contributed by atoms with E-state index in [0.717, 1.165) is 18.4 Å². The van der Waals surface area contributed by atoms with E-state index < -0.39 is 21.9 Å². The molecule has 0 fully saturated rings. The number of nitrogens with zero attached hydrogens (tertiary/aromatic N) is 4. The van der Waals surface area contributed by atoms with Gasteiger partial charge in [0.2, 0.25) is 5.95 Å². The maximum atomic E-state index is 12.9. The molecule has 1 N–H and O–H groups in total. The summed E-state index contributed by atoms with van der Waals surface area (Å²) in [6.45, 7) is -0.120. The van der Waals surface area contributed by atoms with Crippen molar-refractivity contribution in [2.75, 3.05) is 18.2 Å². The lowest BCUT2D eigenvalue weighted by Crippen LogP contribution is -2.12. The second-order valence-electron chi connectivity index (χ2n) is 5.95. The van der Waals surface area contributed by atoms with Crippen LogP contribution in [0.1, 0.15) is 5.56 Å². The molecule has 0 atom stereocenters. The summed E-state index contributed by atoms with van der Waals surface area (Å²) < 4.78 is 67.1. The molecule has 0 aliphatic carbocycles. The second-order valence-corrected chi connectivity index (χ2v) is 7.59. The summed E-state index contributed by atoms with van der Waals surface area (Å²) in [4.78, 5) is 8.23. The van der Waals surface area contributed by atoms with Crippen molar-refractivity contribution in [2.45, 2.75) is 12.7 Å². The van der Waals surface area contributed by atoms with E-state index in [1.165, 1.54) is 16.8 Å². The number of benzene rings is 1. The predicted octanol–water partition coefficient (Wildman–Crippen LogP) is 3.08. The molecule has 154 valence electrons. The van der Waals surface area contributed by atoms with Crippen molar-refractivity contribution in [1.82, 2.24) is 19.7 Å². The Kier molecular flexibility index (Phi) is 5.84. The molecule has 0 bridgehead atoms. The third-order valence-corrected chi connectivity index (χ3v) is 4.25. The van der Waals surface area contributed by atoms with E-state index in [0.29, 0.717) is 11.4 Å². The van der Waals surface area contributed by atoms with Crippen LogP contribution in [-0.4, -0.2) is 41.0 Å². The molecule has 0 spiro atoms. The molecule has 3 aromatic rings. The van der Waals surface area contributed by atoms with E-state index >= 15 is 0 Å². The second kappa shape index (κ2) is 8.17. The van der Waals surface area contributed by atoms with E-state index in [9.17, 15) is 21.6 Å². The number of pyridine rings is 1. The van der Waals surface area contributed by atoms with Gasteiger partial charge in [-0.2, -0.15) is 26.6 Å². The fourth-order valence-electron chi connectivity index (χ4n) is 2.44. The standard InChI is InChI=1S/C17H16F3N5O3S/c1-29(26,27)28-10-9-25-15(12-5-7-21-8-6-12)23-16(24-25)22-14-4-2-3-13(11-14)17(18,19)20/h2-8,11H,9-10H2,1H3,(H,22,24). The number of halogens is 3. The van der Waals surface area contributed by atoms with Crippen LogP contribution in [0.15, 0.2) is 48.8 Å². The van der Waals surface area contributed by atoms with Crippen LogP contribution < -0.4 is 5.32 Å². The van der Waals surface area contributed by atoms with Crippen molar-refractivity contribution >= 4 is 21.8 Å². The Morgan fingerprint density at radius 3 is 2.55 bits per heavy atom. The van der Waals surface area contributed by atoms with Crippen molar-refractivity contribution in [2.24, 2.45) is 0 Å². The van der Waals surface area contributed by atoms with E-state index in [1.54, 1.807) is 24.5 Å². The zero-order chi connectivity index (χ0) is 21.1. The normalized spacial score (nSPS) is 12.1. The number of rotatable bonds is 7. The molecule has 0 aliphatic rings. The molecule has 2 aromatic heterocycles. The van der Waals surface area contributed by atoms with Crippen molar-refractivity contribution in [1.29, 1.82) is 0 Å². The van der Waals surface area contributed by atoms with Gasteiger partial charge < -0.3 is 5.32 Å². The van der Waals surface area contributed by atoms with Crippen molar-refractivity contribution in [3.05, 3.63) is 54.4 Å². The highest BCUT2D eigenvalue weighted by Gasteiger charge is 2.30. The zero-order valence-corrected chi connectivity index (χ0v) is 15.9. The van der Waals surface area contributed by atoms with Crippen molar-refractivity contribution < 1.29 is 25.8 Å². The summed E-state index contributed by atoms with van der Waals surface area (Å²) in [5, 5.41) is 6.95. The summed E-state index contributed by atoms with van der Waals surface area (Å²) in [6.07, 6.45) is -0.461. The molecule has 0 aliphatic heterocycles. The first-order chi connectivity index (χ1) is 13.6. The van der Waals surface area contributed by atoms with Crippen LogP contribution in [0.2, 0.25) is 0 Å². The minimum Gasteiger partial charge on any atom is -0.323 e. The maximum absolute atomic E-state index is 12.9. The fourth-order valence-corrected chi connectivity index (χ4v) is 2.82. The Hall–Kier alpha value is -2.99. The molecule has 0 saturated carbocycles. The molecule has 1 aromatic carbocycles. The van der Waals surface area contributed by atoms with Gasteiger partial charge in [-0.05, 0) is 30.3 Å². The lowest BCUT2D eigenvalue weighted by atomic mass is 10.2. The predicted molar refractivity (Wildman–Crippen MR) is 98.8 cm³/mol. The molecular formula is C17H16F3N5O3S. The van der Waals surface area contributed by atoms with Gasteiger partial charge in [0, 0.05) is 23.6 Å². The van der Waals surface area contributed by atoms with Gasteiger partial charge in [-0.3, -0.25) is 9.17 Å². The number of anilines is 2. The molecule has 12 heteroatoms. The highest BCUT2D eigenvalue weighted by atomic mass is 32.2. The number of hydrogen-bond donors (Lipinski definition) is 1. The van der Waals surface area contributed by atoms with Crippen molar-refractivity contribution in [3.8, 4) is 11.4 Å². The zero-order valence-electron chi connectivity index (χ0n) is 15.1. The largest absolute Gasteiger partial charge is 0.416 e. The summed E-state index contributed by atoms with van der Waals surface area (Å²) in [7, 11) is -3.63. The van der Waals surface area contributed by atoms with Crippen LogP contribution in [0.25, 0.3) is 11.4 Å². The molecule has 0 saturated heterocycles. The highest BCUT2D eigenvalue weighted by Crippen LogP contribution is 2.31. The van der Waals surface area contributed by atoms with Crippen LogP contribution in [0.4, 0.5) is 24.8 Å². The van der Waals surface area contributed by atoms with E-state index in [1.807, 2.05) is 0 Å². The van der Waals surface area contributed by atoms with Crippen LogP contribution >= 0.6 is 0 Å². The van der Waals surface area contributed by atoms with Crippen molar-refractivity contribution in [3.63, 3.8) is 0 Å². The quantitative estimate of drug-likeness (QED) is 0.579. The molecule has 0 unspecified atom stereocenters. The van der Waals surface area contributed by atoms with Crippen LogP contribution in [0.5, 0.6) is 0 Å². The minimum atomic E-state index is -4.48. The smallest absolute Gasteiger partial charge is 0.323 e. The van der Waals surface area contributed by atoms with E-state index in [4.69, 9.17) is 4.18 Å². The number of aromatic nitrogens is 4. The van der Waals surface area contributed by atoms with E-state index in [2.05, 4.69) is 20.4 Å². The Bertz CT molecular complexity index is 1090. The van der Waals surface area contributed by atoms with Gasteiger partial charge in [-0.15, -0.1) is 5.10 Å². The summed E-state index contributed by atoms with van der Waals surface area (Å²) in [6, 6.07) is 7.97. The van der Waals surface area contributed by atoms with Crippen LogP contribution in [0, 0.1) is 0 Å². The third-order valence-electron chi connectivity index (χ3n) is 3.66. The lowest BCUT2D eigenvalue weighted by Gasteiger charge is -2.08. The Morgan fingerprint density at radius 2 is 1.90 bits per heavy atom. The molecule has 0 amide bonds. The van der Waals surface area contributed by atoms with Gasteiger partial charge in [-0.25, -0.2) is 4.68 Å². The van der Waals surface area contributed by atoms with Gasteiger partial charge in [-0.1, -0.05) is 6.07 Å². The topological polar surface area (TPSA) is 99.0 Å². The molecule has 0 radical (unpaired) electrons. The highest BCUT2D eigenvalue weighted by molar-refractivity contribution is 7.85. The van der Waals surface area contributed by atoms with Gasteiger partial charge >= 0.3 is 6.18 Å². The summed E-state index contributed by atoms with van der Waals surface area (Å²) in [5.41, 5.74) is -0.00701. The first-order valence-electron chi connectivity index (χ1n) is 8.26. The maximum Gasteiger partial charge on any atom is 0.416 e. The summed E-state index contributed by atoms with van der Waals surface area (Å²) in [5.74, 6) is 0.425. The molecule has 8 nitrogen and oxygen atoms in total. The van der Waals surface area contributed by atoms with Gasteiger partial charge in [0.25, 0.3) is 10.1 Å². The van der Waals surface area contributed by atoms with Gasteiger partial charge in [0.05, 0.1) is 25.0 Å². The number of alkyl halides is 3. The minimum absolute atomic E-state index is 0.0514. The fraction of sp³-hybridized carbons (Fsp3) is 0.235. The first-order valence-corrected chi connectivity index (χ1v) is 10.1. The molecule has 29 heavy (non-hydrogen) atoms. The van der Waals surface area contributed by atoms with Crippen LogP contribution in [-0.2, 0) is 27.0 Å². The average molecular weight is 427 g/mol. The van der Waals surface area contributed by atoms with Gasteiger partial charge in [0.15, 0.2) is 5.82 Å². The third kappa shape index (κ3) is 5.74. The van der Waals surface area contributed by atoms with Gasteiger partial charge in [0.1, 0.15) is 0 Å². The molecular weight excluding hydrogens is 411 g/mol. The Morgan fingerprint density at radius 1 is 1.17 bits per heavy atom. The molecule has 2 heterocycles. The SMILES string of the molecule is CS(=O)(=O)OCCn1nc(Nc2cccc(C(F)(F)F)c2)nc1-c1ccncc1. The lowest BCUT2D eigenvalue weighted by molar-refractivity contribution is -0.137.